The minimum atomic E-state index is -0.334. The Morgan fingerprint density at radius 1 is 1.21 bits per heavy atom. The highest BCUT2D eigenvalue weighted by atomic mass is 35.5. The quantitative estimate of drug-likeness (QED) is 0.886. The first-order valence-electron chi connectivity index (χ1n) is 8.28. The summed E-state index contributed by atoms with van der Waals surface area (Å²) in [6.07, 6.45) is 4.13. The first-order valence-corrected chi connectivity index (χ1v) is 8.28. The summed E-state index contributed by atoms with van der Waals surface area (Å²) in [6.45, 7) is 4.47. The van der Waals surface area contributed by atoms with Gasteiger partial charge in [0.25, 0.3) is 0 Å². The summed E-state index contributed by atoms with van der Waals surface area (Å²) in [6, 6.07) is 11.3. The van der Waals surface area contributed by atoms with E-state index in [1.807, 2.05) is 18.2 Å². The average molecular weight is 372 g/mol. The number of hydrogen-bond acceptors (Lipinski definition) is 4. The van der Waals surface area contributed by atoms with E-state index in [-0.39, 0.29) is 30.2 Å². The van der Waals surface area contributed by atoms with Gasteiger partial charge in [0.15, 0.2) is 0 Å². The molecule has 0 spiro atoms. The molecule has 1 aliphatic carbocycles. The monoisotopic (exact) mass is 371 g/mol. The van der Waals surface area contributed by atoms with Gasteiger partial charge in [-0.2, -0.15) is 5.26 Å². The summed E-state index contributed by atoms with van der Waals surface area (Å²) in [7, 11) is 1.68. The molecule has 4 nitrogen and oxygen atoms in total. The van der Waals surface area contributed by atoms with Crippen molar-refractivity contribution in [2.45, 2.75) is 37.1 Å². The number of ether oxygens (including phenoxy) is 1. The fraction of sp³-hybridized carbons (Fsp3) is 0.611. The molecule has 24 heavy (non-hydrogen) atoms. The fourth-order valence-electron chi connectivity index (χ4n) is 3.89. The predicted molar refractivity (Wildman–Crippen MR) is 101 cm³/mol. The molecule has 0 atom stereocenters. The van der Waals surface area contributed by atoms with Crippen molar-refractivity contribution in [2.24, 2.45) is 0 Å². The second-order valence-corrected chi connectivity index (χ2v) is 6.44. The third-order valence-corrected chi connectivity index (χ3v) is 5.31. The molecule has 0 aromatic heterocycles. The molecular weight excluding hydrogens is 345 g/mol. The van der Waals surface area contributed by atoms with Gasteiger partial charge in [0.05, 0.1) is 18.6 Å². The van der Waals surface area contributed by atoms with Gasteiger partial charge in [-0.25, -0.2) is 0 Å². The Balaban J connectivity index is 0.00000144. The predicted octanol–water partition coefficient (Wildman–Crippen LogP) is 3.15. The topological polar surface area (TPSA) is 48.3 Å². The van der Waals surface area contributed by atoms with Crippen molar-refractivity contribution < 1.29 is 4.74 Å². The van der Waals surface area contributed by atoms with Crippen LogP contribution in [0.2, 0.25) is 0 Å². The third kappa shape index (κ3) is 4.34. The molecule has 2 fully saturated rings. The molecule has 1 N–H and O–H groups in total. The van der Waals surface area contributed by atoms with Crippen molar-refractivity contribution in [1.29, 1.82) is 5.26 Å². The van der Waals surface area contributed by atoms with Gasteiger partial charge in [-0.1, -0.05) is 12.1 Å². The minimum Gasteiger partial charge on any atom is -0.497 e. The van der Waals surface area contributed by atoms with E-state index in [9.17, 15) is 5.26 Å². The van der Waals surface area contributed by atoms with Crippen molar-refractivity contribution in [3.63, 3.8) is 0 Å². The van der Waals surface area contributed by atoms with E-state index in [0.717, 1.165) is 63.2 Å². The van der Waals surface area contributed by atoms with Crippen LogP contribution >= 0.6 is 24.8 Å². The maximum atomic E-state index is 9.84. The van der Waals surface area contributed by atoms with Crippen LogP contribution in [0.4, 0.5) is 0 Å². The summed E-state index contributed by atoms with van der Waals surface area (Å²) in [5.74, 6) is 0.844. The summed E-state index contributed by atoms with van der Waals surface area (Å²) in [5.41, 5.74) is 0.784. The number of piperazine rings is 1. The number of methoxy groups -OCH3 is 1. The Kier molecular flexibility index (Phi) is 8.32. The molecule has 0 unspecified atom stereocenters. The summed E-state index contributed by atoms with van der Waals surface area (Å²) < 4.78 is 5.33. The Morgan fingerprint density at radius 3 is 2.46 bits per heavy atom. The van der Waals surface area contributed by atoms with Crippen molar-refractivity contribution in [1.82, 2.24) is 10.2 Å². The zero-order chi connectivity index (χ0) is 15.4. The van der Waals surface area contributed by atoms with Gasteiger partial charge >= 0.3 is 0 Å². The highest BCUT2D eigenvalue weighted by Crippen LogP contribution is 2.41. The second-order valence-electron chi connectivity index (χ2n) is 6.44. The van der Waals surface area contributed by atoms with Gasteiger partial charge < -0.3 is 10.1 Å². The molecule has 1 aliphatic heterocycles. The molecule has 2 aliphatic rings. The molecule has 1 saturated heterocycles. The van der Waals surface area contributed by atoms with E-state index in [2.05, 4.69) is 22.4 Å². The van der Waals surface area contributed by atoms with Crippen molar-refractivity contribution in [3.8, 4) is 11.8 Å². The van der Waals surface area contributed by atoms with Crippen LogP contribution in [-0.4, -0.2) is 44.2 Å². The van der Waals surface area contributed by atoms with Gasteiger partial charge in [0.2, 0.25) is 0 Å². The van der Waals surface area contributed by atoms with Crippen LogP contribution < -0.4 is 10.1 Å². The van der Waals surface area contributed by atoms with Crippen molar-refractivity contribution >= 4 is 24.8 Å². The van der Waals surface area contributed by atoms with Crippen LogP contribution in [0.25, 0.3) is 0 Å². The van der Waals surface area contributed by atoms with Crippen molar-refractivity contribution in [2.75, 3.05) is 33.3 Å². The Hall–Kier alpha value is -0.990. The minimum absolute atomic E-state index is 0. The van der Waals surface area contributed by atoms with Crippen LogP contribution in [-0.2, 0) is 5.41 Å². The molecule has 1 saturated carbocycles. The third-order valence-electron chi connectivity index (χ3n) is 5.31. The maximum Gasteiger partial charge on any atom is 0.119 e. The summed E-state index contributed by atoms with van der Waals surface area (Å²) in [5, 5.41) is 13.3. The van der Waals surface area contributed by atoms with E-state index in [1.165, 1.54) is 0 Å². The molecular formula is C18H27Cl2N3O. The van der Waals surface area contributed by atoms with Gasteiger partial charge in [0, 0.05) is 32.2 Å². The molecule has 1 aromatic rings. The molecule has 0 bridgehead atoms. The molecule has 0 amide bonds. The zero-order valence-electron chi connectivity index (χ0n) is 14.2. The van der Waals surface area contributed by atoms with Crippen LogP contribution in [0.5, 0.6) is 5.75 Å². The number of nitriles is 1. The van der Waals surface area contributed by atoms with Crippen molar-refractivity contribution in [3.05, 3.63) is 29.8 Å². The first-order chi connectivity index (χ1) is 10.8. The number of nitrogens with zero attached hydrogens (tertiary/aromatic N) is 2. The number of halogens is 2. The SMILES string of the molecule is COc1cccc(C2(C#N)CCC(N3CCNCC3)CC2)c1.Cl.Cl. The van der Waals surface area contributed by atoms with Crippen LogP contribution in [0.15, 0.2) is 24.3 Å². The maximum absolute atomic E-state index is 9.84. The molecule has 0 radical (unpaired) electrons. The van der Waals surface area contributed by atoms with Crippen LogP contribution in [0.3, 0.4) is 0 Å². The number of nitrogens with one attached hydrogen (secondary N) is 1. The summed E-state index contributed by atoms with van der Waals surface area (Å²) in [4.78, 5) is 2.60. The Morgan fingerprint density at radius 2 is 1.88 bits per heavy atom. The highest BCUT2D eigenvalue weighted by molar-refractivity contribution is 5.85. The highest BCUT2D eigenvalue weighted by Gasteiger charge is 2.39. The average Bonchev–Trinajstić information content (AvgIpc) is 2.62. The Labute approximate surface area is 157 Å². The normalized spacial score (nSPS) is 27.2. The molecule has 1 heterocycles. The van der Waals surface area contributed by atoms with E-state index in [1.54, 1.807) is 7.11 Å². The standard InChI is InChI=1S/C18H25N3O.2ClH/c1-22-17-4-2-3-15(13-17)18(14-19)7-5-16(6-8-18)21-11-9-20-10-12-21;;/h2-4,13,16,20H,5-12H2,1H3;2*1H. The zero-order valence-corrected chi connectivity index (χ0v) is 15.8. The molecule has 3 rings (SSSR count). The van der Waals surface area contributed by atoms with E-state index < -0.39 is 0 Å². The van der Waals surface area contributed by atoms with Crippen LogP contribution in [0.1, 0.15) is 31.2 Å². The lowest BCUT2D eigenvalue weighted by atomic mass is 9.69. The Bertz CT molecular complexity index is 547. The van der Waals surface area contributed by atoms with Gasteiger partial charge in [-0.15, -0.1) is 24.8 Å². The van der Waals surface area contributed by atoms with Gasteiger partial charge in [-0.05, 0) is 43.4 Å². The first kappa shape index (κ1) is 21.1. The van der Waals surface area contributed by atoms with E-state index in [0.29, 0.717) is 6.04 Å². The second kappa shape index (κ2) is 9.48. The fourth-order valence-corrected chi connectivity index (χ4v) is 3.89. The van der Waals surface area contributed by atoms with Crippen LogP contribution in [0, 0.1) is 11.3 Å². The number of rotatable bonds is 3. The lowest BCUT2D eigenvalue weighted by molar-refractivity contribution is 0.122. The lowest BCUT2D eigenvalue weighted by Gasteiger charge is -2.42. The lowest BCUT2D eigenvalue weighted by Crippen LogP contribution is -2.50. The smallest absolute Gasteiger partial charge is 0.119 e. The molecule has 134 valence electrons. The summed E-state index contributed by atoms with van der Waals surface area (Å²) >= 11 is 0. The van der Waals surface area contributed by atoms with E-state index in [4.69, 9.17) is 4.74 Å². The molecule has 6 heteroatoms. The largest absolute Gasteiger partial charge is 0.497 e. The van der Waals surface area contributed by atoms with Gasteiger partial charge in [0.1, 0.15) is 5.75 Å². The number of benzene rings is 1. The molecule has 1 aromatic carbocycles. The van der Waals surface area contributed by atoms with E-state index >= 15 is 0 Å². The number of hydrogen-bond donors (Lipinski definition) is 1. The van der Waals surface area contributed by atoms with Gasteiger partial charge in [-0.3, -0.25) is 4.90 Å².